The number of aryl methyl sites for hydroxylation is 1. The molecule has 10 heteroatoms. The topological polar surface area (TPSA) is 122 Å². The standard InChI is InChI=1S/C23H25NO7S2/c25-32(26,27)17-3-15-24-21(12-10-20-5-1-2-6-23(20)24)11-7-19-8-13-22(14-9-19)31-16-4-18-33(28,29)30/h1-2,5-14H,3-4,15-18H2,(H-,25,26,27,28,29,30)/p+1/b11-7+. The van der Waals surface area contributed by atoms with Crippen LogP contribution in [0.3, 0.4) is 0 Å². The van der Waals surface area contributed by atoms with E-state index in [0.717, 1.165) is 22.2 Å². The summed E-state index contributed by atoms with van der Waals surface area (Å²) >= 11 is 0. The lowest BCUT2D eigenvalue weighted by molar-refractivity contribution is -0.673. The third-order valence-electron chi connectivity index (χ3n) is 4.90. The number of hydrogen-bond donors (Lipinski definition) is 2. The molecule has 0 saturated carbocycles. The van der Waals surface area contributed by atoms with Gasteiger partial charge in [0.2, 0.25) is 11.2 Å². The van der Waals surface area contributed by atoms with E-state index in [9.17, 15) is 16.8 Å². The molecule has 1 aromatic heterocycles. The Morgan fingerprint density at radius 3 is 2.15 bits per heavy atom. The Morgan fingerprint density at radius 1 is 0.788 bits per heavy atom. The van der Waals surface area contributed by atoms with Crippen LogP contribution in [0.1, 0.15) is 24.1 Å². The molecule has 0 aliphatic rings. The minimum absolute atomic E-state index is 0.176. The fourth-order valence-corrected chi connectivity index (χ4v) is 4.34. The highest BCUT2D eigenvalue weighted by Gasteiger charge is 2.15. The van der Waals surface area contributed by atoms with Crippen molar-refractivity contribution in [3.05, 3.63) is 71.9 Å². The van der Waals surface area contributed by atoms with E-state index >= 15 is 0 Å². The number of pyridine rings is 1. The highest BCUT2D eigenvalue weighted by Crippen LogP contribution is 2.16. The first-order chi connectivity index (χ1) is 15.6. The van der Waals surface area contributed by atoms with Gasteiger partial charge in [0.1, 0.15) is 5.75 Å². The van der Waals surface area contributed by atoms with Gasteiger partial charge in [-0.25, -0.2) is 0 Å². The summed E-state index contributed by atoms with van der Waals surface area (Å²) < 4.78 is 69.0. The Morgan fingerprint density at radius 2 is 1.45 bits per heavy atom. The van der Waals surface area contributed by atoms with Crippen LogP contribution in [-0.4, -0.2) is 44.1 Å². The molecule has 0 aliphatic heterocycles. The first kappa shape index (κ1) is 24.8. The molecule has 176 valence electrons. The zero-order valence-electron chi connectivity index (χ0n) is 17.9. The summed E-state index contributed by atoms with van der Waals surface area (Å²) in [5, 5.41) is 1.03. The SMILES string of the molecule is O=S(=O)(O)CCCOc1ccc(/C=C/c2ccc3ccccc3[n+]2CCCS(=O)(=O)O)cc1. The zero-order chi connectivity index (χ0) is 23.9. The molecule has 3 aromatic rings. The third-order valence-corrected chi connectivity index (χ3v) is 6.51. The molecule has 0 spiro atoms. The monoisotopic (exact) mass is 492 g/mol. The molecule has 1 heterocycles. The zero-order valence-corrected chi connectivity index (χ0v) is 19.5. The number of hydrogen-bond acceptors (Lipinski definition) is 5. The van der Waals surface area contributed by atoms with Gasteiger partial charge < -0.3 is 4.74 Å². The van der Waals surface area contributed by atoms with Gasteiger partial charge in [0.25, 0.3) is 20.2 Å². The number of para-hydroxylation sites is 1. The van der Waals surface area contributed by atoms with Crippen LogP contribution in [0.2, 0.25) is 0 Å². The second-order valence-corrected chi connectivity index (χ2v) is 10.6. The molecule has 0 saturated heterocycles. The highest BCUT2D eigenvalue weighted by atomic mass is 32.2. The maximum absolute atomic E-state index is 11.1. The van der Waals surface area contributed by atoms with Gasteiger partial charge in [-0.3, -0.25) is 9.11 Å². The summed E-state index contributed by atoms with van der Waals surface area (Å²) in [6, 6.07) is 19.0. The van der Waals surface area contributed by atoms with Crippen LogP contribution in [0.15, 0.2) is 60.7 Å². The van der Waals surface area contributed by atoms with Gasteiger partial charge >= 0.3 is 0 Å². The molecule has 0 aliphatic carbocycles. The summed E-state index contributed by atoms with van der Waals surface area (Å²) in [5.41, 5.74) is 2.76. The van der Waals surface area contributed by atoms with Crippen LogP contribution in [0.4, 0.5) is 0 Å². The average molecular weight is 493 g/mol. The van der Waals surface area contributed by atoms with Gasteiger partial charge in [-0.1, -0.05) is 24.3 Å². The van der Waals surface area contributed by atoms with Crippen molar-refractivity contribution in [3.8, 4) is 5.75 Å². The van der Waals surface area contributed by atoms with Gasteiger partial charge in [0.05, 0.1) is 18.1 Å². The third kappa shape index (κ3) is 8.25. The van der Waals surface area contributed by atoms with Crippen LogP contribution in [-0.2, 0) is 26.8 Å². The van der Waals surface area contributed by atoms with Crippen molar-refractivity contribution in [3.63, 3.8) is 0 Å². The number of aromatic nitrogens is 1. The Labute approximate surface area is 193 Å². The van der Waals surface area contributed by atoms with Crippen LogP contribution in [0, 0.1) is 0 Å². The predicted octanol–water partition coefficient (Wildman–Crippen LogP) is 3.23. The summed E-state index contributed by atoms with van der Waals surface area (Å²) in [6.45, 7) is 0.604. The minimum atomic E-state index is -4.02. The van der Waals surface area contributed by atoms with Gasteiger partial charge in [0.15, 0.2) is 6.54 Å². The summed E-state index contributed by atoms with van der Waals surface area (Å²) in [6.07, 6.45) is 4.33. The van der Waals surface area contributed by atoms with E-state index in [1.165, 1.54) is 0 Å². The Bertz CT molecular complexity index is 1330. The molecule has 0 fully saturated rings. The number of nitrogens with zero attached hydrogens (tertiary/aromatic N) is 1. The van der Waals surface area contributed by atoms with Crippen molar-refractivity contribution in [2.24, 2.45) is 0 Å². The molecule has 2 N–H and O–H groups in total. The number of benzene rings is 2. The van der Waals surface area contributed by atoms with E-state index in [0.29, 0.717) is 12.3 Å². The average Bonchev–Trinajstić information content (AvgIpc) is 2.75. The summed E-state index contributed by atoms with van der Waals surface area (Å²) in [7, 11) is -8.00. The molecule has 2 aromatic carbocycles. The van der Waals surface area contributed by atoms with Crippen molar-refractivity contribution in [1.82, 2.24) is 0 Å². The van der Waals surface area contributed by atoms with E-state index in [2.05, 4.69) is 0 Å². The molecule has 3 rings (SSSR count). The number of ether oxygens (including phenoxy) is 1. The van der Waals surface area contributed by atoms with Crippen LogP contribution < -0.4 is 9.30 Å². The van der Waals surface area contributed by atoms with Gasteiger partial charge in [-0.05, 0) is 42.3 Å². The lowest BCUT2D eigenvalue weighted by Gasteiger charge is -2.06. The smallest absolute Gasteiger partial charge is 0.265 e. The molecule has 0 atom stereocenters. The highest BCUT2D eigenvalue weighted by molar-refractivity contribution is 7.86. The summed E-state index contributed by atoms with van der Waals surface area (Å²) in [4.78, 5) is 0. The molecule has 8 nitrogen and oxygen atoms in total. The quantitative estimate of drug-likeness (QED) is 0.239. The molecule has 33 heavy (non-hydrogen) atoms. The number of fused-ring (bicyclic) bond motifs is 1. The lowest BCUT2D eigenvalue weighted by Crippen LogP contribution is -2.38. The van der Waals surface area contributed by atoms with Gasteiger partial charge in [-0.2, -0.15) is 21.4 Å². The van der Waals surface area contributed by atoms with Gasteiger partial charge in [-0.15, -0.1) is 0 Å². The van der Waals surface area contributed by atoms with E-state index in [-0.39, 0.29) is 31.0 Å². The van der Waals surface area contributed by atoms with Crippen molar-refractivity contribution < 1.29 is 35.2 Å². The van der Waals surface area contributed by atoms with E-state index < -0.39 is 20.2 Å². The fourth-order valence-electron chi connectivity index (χ4n) is 3.37. The Hall–Kier alpha value is -2.79. The van der Waals surface area contributed by atoms with E-state index in [1.54, 1.807) is 12.1 Å². The largest absolute Gasteiger partial charge is 0.494 e. The first-order valence-electron chi connectivity index (χ1n) is 10.3. The van der Waals surface area contributed by atoms with Crippen molar-refractivity contribution in [2.75, 3.05) is 18.1 Å². The maximum atomic E-state index is 11.1. The van der Waals surface area contributed by atoms with E-state index in [1.807, 2.05) is 65.3 Å². The molecule has 0 unspecified atom stereocenters. The van der Waals surface area contributed by atoms with E-state index in [4.69, 9.17) is 13.8 Å². The maximum Gasteiger partial charge on any atom is 0.265 e. The second-order valence-electron chi connectivity index (χ2n) is 7.50. The Kier molecular flexibility index (Phi) is 8.20. The lowest BCUT2D eigenvalue weighted by atomic mass is 10.1. The second kappa shape index (κ2) is 10.9. The van der Waals surface area contributed by atoms with Gasteiger partial charge in [0, 0.05) is 30.0 Å². The summed E-state index contributed by atoms with van der Waals surface area (Å²) in [5.74, 6) is -0.0597. The minimum Gasteiger partial charge on any atom is -0.494 e. The molecule has 0 radical (unpaired) electrons. The predicted molar refractivity (Wildman–Crippen MR) is 127 cm³/mol. The van der Waals surface area contributed by atoms with Crippen molar-refractivity contribution >= 4 is 43.3 Å². The molecular formula is C23H26NO7S2+. The van der Waals surface area contributed by atoms with Crippen LogP contribution >= 0.6 is 0 Å². The first-order valence-corrected chi connectivity index (χ1v) is 13.6. The Balaban J connectivity index is 1.72. The molecule has 0 amide bonds. The number of rotatable bonds is 11. The molecule has 0 bridgehead atoms. The van der Waals surface area contributed by atoms with Crippen LogP contribution in [0.25, 0.3) is 23.1 Å². The van der Waals surface area contributed by atoms with Crippen molar-refractivity contribution in [1.29, 1.82) is 0 Å². The van der Waals surface area contributed by atoms with Crippen molar-refractivity contribution in [2.45, 2.75) is 19.4 Å². The normalized spacial score (nSPS) is 12.4. The van der Waals surface area contributed by atoms with Crippen LogP contribution in [0.5, 0.6) is 5.75 Å². The molecular weight excluding hydrogens is 466 g/mol. The fraction of sp³-hybridized carbons (Fsp3) is 0.261.